The van der Waals surface area contributed by atoms with Gasteiger partial charge in [-0.05, 0) is 18.6 Å². The molecule has 0 heterocycles. The Morgan fingerprint density at radius 1 is 1.47 bits per heavy atom. The first-order valence-corrected chi connectivity index (χ1v) is 7.62. The summed E-state index contributed by atoms with van der Waals surface area (Å²) in [4.78, 5) is 29.1. The zero-order valence-electron chi connectivity index (χ0n) is 8.47. The minimum absolute atomic E-state index is 0.346. The summed E-state index contributed by atoms with van der Waals surface area (Å²) in [5.74, 6) is -0.346. The molecule has 0 radical (unpaired) electrons. The molecule has 0 amide bonds. The number of benzene rings is 1. The first kappa shape index (κ1) is 13.7. The summed E-state index contributed by atoms with van der Waals surface area (Å²) in [6.07, 6.45) is 0. The predicted octanol–water partition coefficient (Wildman–Crippen LogP) is 1.49. The molecule has 1 rings (SSSR count). The minimum Gasteiger partial charge on any atom is -0.587 e. The van der Waals surface area contributed by atoms with E-state index in [2.05, 4.69) is 4.52 Å². The standard InChI is InChI=1S/C7H7NO7P2/c1-5-2-6(8(9)10)4-7(3-5)15-17(13,14)16(11)12/h2-4H,1H3,(H,13,14). The molecule has 0 spiro atoms. The lowest BCUT2D eigenvalue weighted by molar-refractivity contribution is -0.384. The van der Waals surface area contributed by atoms with Crippen LogP contribution in [0.5, 0.6) is 5.75 Å². The number of hydrogen-bond donors (Lipinski definition) is 1. The molecule has 92 valence electrons. The first-order chi connectivity index (χ1) is 7.72. The van der Waals surface area contributed by atoms with Crippen LogP contribution in [0.15, 0.2) is 18.2 Å². The third-order valence-corrected chi connectivity index (χ3v) is 4.02. The van der Waals surface area contributed by atoms with Gasteiger partial charge in [-0.2, -0.15) is 4.57 Å². The lowest BCUT2D eigenvalue weighted by Gasteiger charge is -2.06. The van der Waals surface area contributed by atoms with Gasteiger partial charge < -0.3 is 9.42 Å². The van der Waals surface area contributed by atoms with Gasteiger partial charge in [0.05, 0.1) is 11.0 Å². The highest BCUT2D eigenvalue weighted by atomic mass is 32.1. The Morgan fingerprint density at radius 2 is 2.06 bits per heavy atom. The van der Waals surface area contributed by atoms with E-state index in [1.54, 1.807) is 0 Å². The lowest BCUT2D eigenvalue weighted by atomic mass is 10.2. The van der Waals surface area contributed by atoms with Crippen molar-refractivity contribution in [2.24, 2.45) is 0 Å². The summed E-state index contributed by atoms with van der Waals surface area (Å²) in [6.45, 7) is 1.50. The van der Waals surface area contributed by atoms with E-state index in [0.29, 0.717) is 5.56 Å². The predicted molar refractivity (Wildman–Crippen MR) is 55.9 cm³/mol. The average molecular weight is 279 g/mol. The monoisotopic (exact) mass is 279 g/mol. The smallest absolute Gasteiger partial charge is 0.587 e. The number of rotatable bonds is 4. The molecule has 1 aromatic rings. The summed E-state index contributed by atoms with van der Waals surface area (Å²) >= 11 is 0. The van der Waals surface area contributed by atoms with Crippen molar-refractivity contribution in [2.45, 2.75) is 6.92 Å². The van der Waals surface area contributed by atoms with Gasteiger partial charge in [-0.3, -0.25) is 15.0 Å². The number of hydrogen-bond acceptors (Lipinski definition) is 6. The lowest BCUT2D eigenvalue weighted by Crippen LogP contribution is -1.96. The molecular formula is C7H7NO7P2. The molecule has 0 aliphatic rings. The molecule has 0 aliphatic heterocycles. The van der Waals surface area contributed by atoms with Gasteiger partial charge in [0.25, 0.3) is 5.69 Å². The van der Waals surface area contributed by atoms with Gasteiger partial charge in [0, 0.05) is 6.07 Å². The number of nitro groups is 1. The van der Waals surface area contributed by atoms with Gasteiger partial charge in [0.15, 0.2) is 0 Å². The second-order valence-corrected chi connectivity index (χ2v) is 7.22. The molecule has 8 nitrogen and oxygen atoms in total. The van der Waals surface area contributed by atoms with Crippen LogP contribution in [0.3, 0.4) is 0 Å². The highest BCUT2D eigenvalue weighted by Gasteiger charge is 2.38. The van der Waals surface area contributed by atoms with Gasteiger partial charge in [0.2, 0.25) is 0 Å². The Hall–Kier alpha value is -1.33. The molecule has 0 aliphatic carbocycles. The van der Waals surface area contributed by atoms with Crippen molar-refractivity contribution in [3.63, 3.8) is 0 Å². The largest absolute Gasteiger partial charge is 0.617 e. The third-order valence-electron chi connectivity index (χ3n) is 1.68. The number of nitrogens with zero attached hydrogens (tertiary/aromatic N) is 1. The fraction of sp³-hybridized carbons (Fsp3) is 0.143. The molecule has 0 fully saturated rings. The zero-order chi connectivity index (χ0) is 13.2. The second-order valence-electron chi connectivity index (χ2n) is 3.08. The van der Waals surface area contributed by atoms with E-state index in [-0.39, 0.29) is 11.4 Å². The van der Waals surface area contributed by atoms with Crippen LogP contribution in [0.2, 0.25) is 0 Å². The van der Waals surface area contributed by atoms with E-state index in [4.69, 9.17) is 4.89 Å². The SMILES string of the molecule is Cc1cc(OP(=O)(O)[P+](=O)[O-])cc([N+](=O)[O-])c1. The summed E-state index contributed by atoms with van der Waals surface area (Å²) in [5, 5.41) is 10.5. The molecule has 0 saturated carbocycles. The van der Waals surface area contributed by atoms with Gasteiger partial charge in [-0.25, -0.2) is 0 Å². The van der Waals surface area contributed by atoms with Gasteiger partial charge in [-0.15, -0.1) is 0 Å². The third kappa shape index (κ3) is 3.57. The normalized spacial score (nSPS) is 14.9. The van der Waals surface area contributed by atoms with Gasteiger partial charge >= 0.3 is 15.0 Å². The van der Waals surface area contributed by atoms with Gasteiger partial charge in [0.1, 0.15) is 5.75 Å². The van der Waals surface area contributed by atoms with Crippen molar-refractivity contribution < 1.29 is 28.4 Å². The van der Waals surface area contributed by atoms with Crippen molar-refractivity contribution in [3.8, 4) is 5.75 Å². The Bertz CT molecular complexity index is 529. The Morgan fingerprint density at radius 3 is 2.53 bits per heavy atom. The van der Waals surface area contributed by atoms with Crippen LogP contribution in [0, 0.1) is 17.0 Å². The highest BCUT2D eigenvalue weighted by molar-refractivity contribution is 8.19. The van der Waals surface area contributed by atoms with Crippen molar-refractivity contribution in [1.82, 2.24) is 0 Å². The number of nitro benzene ring substituents is 1. The van der Waals surface area contributed by atoms with Crippen LogP contribution in [0.1, 0.15) is 5.56 Å². The molecule has 10 heteroatoms. The molecule has 0 saturated heterocycles. The van der Waals surface area contributed by atoms with E-state index < -0.39 is 19.9 Å². The van der Waals surface area contributed by atoms with E-state index in [0.717, 1.165) is 6.07 Å². The number of aryl methyl sites for hydroxylation is 1. The molecule has 2 atom stereocenters. The van der Waals surface area contributed by atoms with Crippen molar-refractivity contribution >= 4 is 20.7 Å². The average Bonchev–Trinajstić information content (AvgIpc) is 2.15. The van der Waals surface area contributed by atoms with Crippen LogP contribution in [0.4, 0.5) is 5.69 Å². The van der Waals surface area contributed by atoms with Gasteiger partial charge in [-0.1, -0.05) is 4.57 Å². The zero-order valence-corrected chi connectivity index (χ0v) is 10.3. The van der Waals surface area contributed by atoms with Crippen LogP contribution in [0.25, 0.3) is 0 Å². The molecule has 2 unspecified atom stereocenters. The Kier molecular flexibility index (Phi) is 3.95. The van der Waals surface area contributed by atoms with E-state index in [1.165, 1.54) is 19.1 Å². The molecule has 0 aromatic heterocycles. The maximum absolute atomic E-state index is 11.0. The first-order valence-electron chi connectivity index (χ1n) is 4.16. The fourth-order valence-corrected chi connectivity index (χ4v) is 1.99. The van der Waals surface area contributed by atoms with E-state index >= 15 is 0 Å². The molecule has 1 aromatic carbocycles. The summed E-state index contributed by atoms with van der Waals surface area (Å²) < 4.78 is 25.8. The Balaban J connectivity index is 3.12. The van der Waals surface area contributed by atoms with E-state index in [1.807, 2.05) is 0 Å². The molecular weight excluding hydrogens is 272 g/mol. The summed E-state index contributed by atoms with van der Waals surface area (Å²) in [6, 6.07) is 3.30. The summed E-state index contributed by atoms with van der Waals surface area (Å²) in [5.41, 5.74) is 0.0384. The van der Waals surface area contributed by atoms with Crippen LogP contribution < -0.4 is 9.42 Å². The van der Waals surface area contributed by atoms with Crippen molar-refractivity contribution in [3.05, 3.63) is 33.9 Å². The van der Waals surface area contributed by atoms with Crippen LogP contribution in [-0.4, -0.2) is 9.82 Å². The van der Waals surface area contributed by atoms with Crippen LogP contribution in [-0.2, 0) is 9.13 Å². The number of non-ortho nitro benzene ring substituents is 1. The quantitative estimate of drug-likeness (QED) is 0.501. The Labute approximate surface area is 96.3 Å². The second kappa shape index (κ2) is 4.89. The molecule has 0 bridgehead atoms. The maximum Gasteiger partial charge on any atom is 0.617 e. The fourth-order valence-electron chi connectivity index (χ4n) is 1.06. The summed E-state index contributed by atoms with van der Waals surface area (Å²) in [7, 11) is -8.51. The molecule has 1 N–H and O–H groups in total. The topological polar surface area (TPSA) is 130 Å². The maximum atomic E-state index is 11.0. The molecule has 17 heavy (non-hydrogen) atoms. The van der Waals surface area contributed by atoms with Crippen LogP contribution >= 0.6 is 15.0 Å². The highest BCUT2D eigenvalue weighted by Crippen LogP contribution is 2.61. The minimum atomic E-state index is -4.83. The van der Waals surface area contributed by atoms with E-state index in [9.17, 15) is 24.1 Å². The van der Waals surface area contributed by atoms with Crippen molar-refractivity contribution in [2.75, 3.05) is 0 Å². The van der Waals surface area contributed by atoms with Crippen molar-refractivity contribution in [1.29, 1.82) is 0 Å².